The Morgan fingerprint density at radius 2 is 2.31 bits per heavy atom. The van der Waals surface area contributed by atoms with Crippen LogP contribution in [0.3, 0.4) is 0 Å². The maximum atomic E-state index is 11.2. The molecule has 0 aliphatic rings. The zero-order valence-corrected chi connectivity index (χ0v) is 10.3. The van der Waals surface area contributed by atoms with Crippen molar-refractivity contribution < 1.29 is 0 Å². The fourth-order valence-corrected chi connectivity index (χ4v) is 1.48. The van der Waals surface area contributed by atoms with Gasteiger partial charge in [-0.3, -0.25) is 4.79 Å². The van der Waals surface area contributed by atoms with Crippen molar-refractivity contribution >= 4 is 17.4 Å². The van der Waals surface area contributed by atoms with E-state index in [1.54, 1.807) is 0 Å². The van der Waals surface area contributed by atoms with Crippen LogP contribution in [0.5, 0.6) is 0 Å². The first-order valence-corrected chi connectivity index (χ1v) is 5.51. The van der Waals surface area contributed by atoms with Gasteiger partial charge in [-0.1, -0.05) is 25.4 Å². The molecule has 0 saturated heterocycles. The molecule has 0 bridgehead atoms. The minimum atomic E-state index is -0.337. The Bertz CT molecular complexity index is 402. The minimum absolute atomic E-state index is 0.0440. The fraction of sp³-hybridized carbons (Fsp3) is 0.600. The van der Waals surface area contributed by atoms with Crippen molar-refractivity contribution in [1.29, 1.82) is 0 Å². The van der Waals surface area contributed by atoms with E-state index in [1.807, 2.05) is 0 Å². The van der Waals surface area contributed by atoms with E-state index >= 15 is 0 Å². The molecule has 0 aliphatic carbocycles. The quantitative estimate of drug-likeness (QED) is 0.727. The van der Waals surface area contributed by atoms with E-state index in [9.17, 15) is 4.79 Å². The number of halogens is 1. The first-order valence-electron chi connectivity index (χ1n) is 5.13. The van der Waals surface area contributed by atoms with Gasteiger partial charge in [0.15, 0.2) is 5.82 Å². The average Bonchev–Trinajstić information content (AvgIpc) is 2.20. The Morgan fingerprint density at radius 3 is 2.94 bits per heavy atom. The van der Waals surface area contributed by atoms with E-state index in [-0.39, 0.29) is 16.0 Å². The first kappa shape index (κ1) is 13.0. The van der Waals surface area contributed by atoms with Crippen LogP contribution in [-0.4, -0.2) is 23.1 Å². The summed E-state index contributed by atoms with van der Waals surface area (Å²) >= 11 is 5.81. The summed E-state index contributed by atoms with van der Waals surface area (Å²) in [6, 6.07) is 0. The Hall–Kier alpha value is -1.07. The van der Waals surface area contributed by atoms with Gasteiger partial charge in [0.25, 0.3) is 5.56 Å². The SMILES string of the molecule is CC(C)(CCN)CNc1nc[nH]c(=O)c1Cl. The number of nitrogens with two attached hydrogens (primary N) is 1. The highest BCUT2D eigenvalue weighted by Gasteiger charge is 2.17. The van der Waals surface area contributed by atoms with Crippen molar-refractivity contribution in [3.05, 3.63) is 21.7 Å². The maximum absolute atomic E-state index is 11.2. The number of hydrogen-bond donors (Lipinski definition) is 3. The van der Waals surface area contributed by atoms with Crippen LogP contribution in [0.15, 0.2) is 11.1 Å². The van der Waals surface area contributed by atoms with Crippen LogP contribution >= 0.6 is 11.6 Å². The van der Waals surface area contributed by atoms with Gasteiger partial charge in [0, 0.05) is 6.54 Å². The fourth-order valence-electron chi connectivity index (χ4n) is 1.31. The largest absolute Gasteiger partial charge is 0.368 e. The van der Waals surface area contributed by atoms with E-state index in [2.05, 4.69) is 29.1 Å². The monoisotopic (exact) mass is 244 g/mol. The predicted octanol–water partition coefficient (Wildman–Crippen LogP) is 1.21. The van der Waals surface area contributed by atoms with E-state index in [0.717, 1.165) is 6.42 Å². The molecule has 5 nitrogen and oxygen atoms in total. The van der Waals surface area contributed by atoms with Crippen LogP contribution in [0.1, 0.15) is 20.3 Å². The number of anilines is 1. The van der Waals surface area contributed by atoms with Crippen molar-refractivity contribution in [2.75, 3.05) is 18.4 Å². The molecular formula is C10H17ClN4O. The van der Waals surface area contributed by atoms with Crippen LogP contribution in [-0.2, 0) is 0 Å². The number of H-pyrrole nitrogens is 1. The van der Waals surface area contributed by atoms with E-state index in [4.69, 9.17) is 17.3 Å². The lowest BCUT2D eigenvalue weighted by Crippen LogP contribution is -2.27. The Balaban J connectivity index is 2.68. The van der Waals surface area contributed by atoms with Crippen molar-refractivity contribution in [2.45, 2.75) is 20.3 Å². The Morgan fingerprint density at radius 1 is 1.62 bits per heavy atom. The zero-order valence-electron chi connectivity index (χ0n) is 9.51. The Labute approximate surface area is 99.4 Å². The van der Waals surface area contributed by atoms with Gasteiger partial charge in [0.05, 0.1) is 6.33 Å². The summed E-state index contributed by atoms with van der Waals surface area (Å²) in [5.74, 6) is 0.413. The lowest BCUT2D eigenvalue weighted by Gasteiger charge is -2.24. The molecule has 0 atom stereocenters. The first-order chi connectivity index (χ1) is 7.46. The molecule has 6 heteroatoms. The van der Waals surface area contributed by atoms with E-state index in [0.29, 0.717) is 18.9 Å². The highest BCUT2D eigenvalue weighted by atomic mass is 35.5. The third-order valence-electron chi connectivity index (χ3n) is 2.35. The molecule has 90 valence electrons. The van der Waals surface area contributed by atoms with Gasteiger partial charge in [0.2, 0.25) is 0 Å². The summed E-state index contributed by atoms with van der Waals surface area (Å²) in [6.07, 6.45) is 2.22. The number of hydrogen-bond acceptors (Lipinski definition) is 4. The molecule has 0 saturated carbocycles. The summed E-state index contributed by atoms with van der Waals surface area (Å²) in [5, 5.41) is 3.15. The van der Waals surface area contributed by atoms with Crippen molar-refractivity contribution in [3.63, 3.8) is 0 Å². The van der Waals surface area contributed by atoms with E-state index < -0.39 is 0 Å². The molecule has 0 amide bonds. The van der Waals surface area contributed by atoms with Gasteiger partial charge in [-0.2, -0.15) is 0 Å². The summed E-state index contributed by atoms with van der Waals surface area (Å²) in [6.45, 7) is 5.48. The molecule has 0 aliphatic heterocycles. The van der Waals surface area contributed by atoms with Crippen LogP contribution in [0.2, 0.25) is 5.02 Å². The third-order valence-corrected chi connectivity index (χ3v) is 2.70. The minimum Gasteiger partial charge on any atom is -0.368 e. The van der Waals surface area contributed by atoms with Crippen molar-refractivity contribution in [2.24, 2.45) is 11.1 Å². The summed E-state index contributed by atoms with van der Waals surface area (Å²) in [7, 11) is 0. The molecular weight excluding hydrogens is 228 g/mol. The van der Waals surface area contributed by atoms with Gasteiger partial charge >= 0.3 is 0 Å². The molecule has 1 heterocycles. The van der Waals surface area contributed by atoms with Gasteiger partial charge in [0.1, 0.15) is 5.02 Å². The lowest BCUT2D eigenvalue weighted by atomic mass is 9.89. The molecule has 0 radical (unpaired) electrons. The van der Waals surface area contributed by atoms with Gasteiger partial charge in [-0.05, 0) is 18.4 Å². The number of rotatable bonds is 5. The highest BCUT2D eigenvalue weighted by Crippen LogP contribution is 2.21. The van der Waals surface area contributed by atoms with Gasteiger partial charge < -0.3 is 16.0 Å². The topological polar surface area (TPSA) is 83.8 Å². The van der Waals surface area contributed by atoms with Gasteiger partial charge in [-0.25, -0.2) is 4.98 Å². The van der Waals surface area contributed by atoms with Crippen LogP contribution < -0.4 is 16.6 Å². The molecule has 0 unspecified atom stereocenters. The molecule has 16 heavy (non-hydrogen) atoms. The highest BCUT2D eigenvalue weighted by molar-refractivity contribution is 6.32. The third kappa shape index (κ3) is 3.50. The summed E-state index contributed by atoms with van der Waals surface area (Å²) in [5.41, 5.74) is 5.22. The average molecular weight is 245 g/mol. The number of aromatic nitrogens is 2. The molecule has 1 aromatic heterocycles. The standard InChI is InChI=1S/C10H17ClN4O/c1-10(2,3-4-12)5-13-8-7(11)9(16)15-6-14-8/h6H,3-5,12H2,1-2H3,(H2,13,14,15,16). The molecule has 0 fully saturated rings. The summed E-state index contributed by atoms with van der Waals surface area (Å²) < 4.78 is 0. The van der Waals surface area contributed by atoms with Crippen molar-refractivity contribution in [1.82, 2.24) is 9.97 Å². The molecule has 1 rings (SSSR count). The molecule has 1 aromatic rings. The molecule has 0 spiro atoms. The second kappa shape index (κ2) is 5.32. The van der Waals surface area contributed by atoms with Gasteiger partial charge in [-0.15, -0.1) is 0 Å². The number of nitrogens with one attached hydrogen (secondary N) is 2. The lowest BCUT2D eigenvalue weighted by molar-refractivity contribution is 0.365. The van der Waals surface area contributed by atoms with Crippen LogP contribution in [0.25, 0.3) is 0 Å². The van der Waals surface area contributed by atoms with Crippen LogP contribution in [0, 0.1) is 5.41 Å². The van der Waals surface area contributed by atoms with Crippen LogP contribution in [0.4, 0.5) is 5.82 Å². The van der Waals surface area contributed by atoms with E-state index in [1.165, 1.54) is 6.33 Å². The summed E-state index contributed by atoms with van der Waals surface area (Å²) in [4.78, 5) is 17.6. The second-order valence-electron chi connectivity index (χ2n) is 4.45. The normalized spacial score (nSPS) is 11.5. The smallest absolute Gasteiger partial charge is 0.271 e. The number of nitrogens with zero attached hydrogens (tertiary/aromatic N) is 1. The predicted molar refractivity (Wildman–Crippen MR) is 65.8 cm³/mol. The number of aromatic amines is 1. The second-order valence-corrected chi connectivity index (χ2v) is 4.83. The zero-order chi connectivity index (χ0) is 12.2. The molecule has 4 N–H and O–H groups in total. The Kier molecular flexibility index (Phi) is 4.32. The molecule has 0 aromatic carbocycles. The van der Waals surface area contributed by atoms with Crippen molar-refractivity contribution in [3.8, 4) is 0 Å². The maximum Gasteiger partial charge on any atom is 0.271 e.